The van der Waals surface area contributed by atoms with Crippen LogP contribution in [0.15, 0.2) is 24.8 Å². The molecule has 0 atom stereocenters. The van der Waals surface area contributed by atoms with Crippen molar-refractivity contribution in [1.82, 2.24) is 24.2 Å². The van der Waals surface area contributed by atoms with Gasteiger partial charge in [-0.1, -0.05) is 0 Å². The molecule has 1 aliphatic rings. The lowest BCUT2D eigenvalue weighted by molar-refractivity contribution is 0.229. The molecule has 6 nitrogen and oxygen atoms in total. The maximum atomic E-state index is 4.52. The van der Waals surface area contributed by atoms with Gasteiger partial charge in [0, 0.05) is 64.1 Å². The van der Waals surface area contributed by atoms with E-state index in [1.807, 2.05) is 29.2 Å². The molecule has 6 heteroatoms. The van der Waals surface area contributed by atoms with Gasteiger partial charge in [-0.15, -0.1) is 0 Å². The van der Waals surface area contributed by atoms with Crippen LogP contribution in [0.5, 0.6) is 0 Å². The molecule has 1 aliphatic heterocycles. The Kier molecular flexibility index (Phi) is 3.84. The van der Waals surface area contributed by atoms with Crippen molar-refractivity contribution in [1.29, 1.82) is 0 Å². The average Bonchev–Trinajstić information content (AvgIpc) is 2.94. The van der Waals surface area contributed by atoms with Gasteiger partial charge in [-0.2, -0.15) is 0 Å². The molecule has 0 saturated carbocycles. The molecule has 0 aromatic carbocycles. The molecule has 0 bridgehead atoms. The van der Waals surface area contributed by atoms with E-state index in [4.69, 9.17) is 0 Å². The number of nitrogens with zero attached hydrogens (tertiary/aromatic N) is 6. The number of rotatable bonds is 4. The maximum Gasteiger partial charge on any atom is 0.180 e. The van der Waals surface area contributed by atoms with Crippen molar-refractivity contribution in [2.45, 2.75) is 0 Å². The monoisotopic (exact) mass is 274 g/mol. The molecule has 3 rings (SSSR count). The summed E-state index contributed by atoms with van der Waals surface area (Å²) in [5, 5.41) is 0. The highest BCUT2D eigenvalue weighted by Gasteiger charge is 2.20. The van der Waals surface area contributed by atoms with E-state index in [9.17, 15) is 0 Å². The van der Waals surface area contributed by atoms with Gasteiger partial charge in [0.25, 0.3) is 0 Å². The first kappa shape index (κ1) is 13.3. The van der Waals surface area contributed by atoms with Gasteiger partial charge in [0.1, 0.15) is 0 Å². The van der Waals surface area contributed by atoms with Crippen LogP contribution >= 0.6 is 0 Å². The second-order valence-corrected chi connectivity index (χ2v) is 5.54. The summed E-state index contributed by atoms with van der Waals surface area (Å²) in [6.45, 7) is 6.49. The van der Waals surface area contributed by atoms with Crippen LogP contribution in [0.3, 0.4) is 0 Å². The first-order valence-corrected chi connectivity index (χ1v) is 7.14. The van der Waals surface area contributed by atoms with E-state index in [-0.39, 0.29) is 0 Å². The second kappa shape index (κ2) is 5.76. The van der Waals surface area contributed by atoms with Gasteiger partial charge in [-0.3, -0.25) is 4.90 Å². The molecule has 1 fully saturated rings. The lowest BCUT2D eigenvalue weighted by Gasteiger charge is -2.35. The molecule has 0 unspecified atom stereocenters. The Bertz CT molecular complexity index is 556. The molecule has 0 radical (unpaired) electrons. The van der Waals surface area contributed by atoms with E-state index in [1.165, 1.54) is 0 Å². The number of aromatic nitrogens is 3. The van der Waals surface area contributed by atoms with E-state index in [2.05, 4.69) is 38.8 Å². The van der Waals surface area contributed by atoms with E-state index in [1.54, 1.807) is 0 Å². The Labute approximate surface area is 119 Å². The van der Waals surface area contributed by atoms with Gasteiger partial charge in [-0.05, 0) is 14.1 Å². The molecule has 0 amide bonds. The van der Waals surface area contributed by atoms with Crippen molar-refractivity contribution in [3.05, 3.63) is 24.8 Å². The zero-order chi connectivity index (χ0) is 13.9. The Morgan fingerprint density at radius 3 is 2.45 bits per heavy atom. The fraction of sp³-hybridized carbons (Fsp3) is 0.571. The second-order valence-electron chi connectivity index (χ2n) is 5.54. The highest BCUT2D eigenvalue weighted by Crippen LogP contribution is 2.18. The van der Waals surface area contributed by atoms with Crippen LogP contribution in [0.4, 0.5) is 5.82 Å². The Morgan fingerprint density at radius 2 is 1.75 bits per heavy atom. The molecule has 0 spiro atoms. The molecular formula is C14H22N6. The summed E-state index contributed by atoms with van der Waals surface area (Å²) in [7, 11) is 4.25. The lowest BCUT2D eigenvalue weighted by Crippen LogP contribution is -2.48. The minimum Gasteiger partial charge on any atom is -0.351 e. The number of hydrogen-bond donors (Lipinski definition) is 0. The maximum absolute atomic E-state index is 4.52. The van der Waals surface area contributed by atoms with Crippen LogP contribution < -0.4 is 4.90 Å². The van der Waals surface area contributed by atoms with Gasteiger partial charge in [-0.25, -0.2) is 9.97 Å². The molecular weight excluding hydrogens is 252 g/mol. The Morgan fingerprint density at radius 1 is 1.05 bits per heavy atom. The number of anilines is 1. The average molecular weight is 274 g/mol. The predicted octanol–water partition coefficient (Wildman–Crippen LogP) is 0.413. The quantitative estimate of drug-likeness (QED) is 0.808. The summed E-state index contributed by atoms with van der Waals surface area (Å²) in [6, 6.07) is 0. The molecule has 3 heterocycles. The zero-order valence-electron chi connectivity index (χ0n) is 12.2. The number of piperazine rings is 1. The highest BCUT2D eigenvalue weighted by molar-refractivity contribution is 5.64. The third-order valence-corrected chi connectivity index (χ3v) is 3.83. The summed E-state index contributed by atoms with van der Waals surface area (Å²) in [5.74, 6) is 1.00. The first-order valence-electron chi connectivity index (χ1n) is 7.14. The van der Waals surface area contributed by atoms with Gasteiger partial charge >= 0.3 is 0 Å². The highest BCUT2D eigenvalue weighted by atomic mass is 15.3. The standard InChI is InChI=1S/C14H22N6/c1-17(2)7-8-18-9-11-20(12-10-18)14-13-15-3-5-19(13)6-4-16-14/h3-6H,7-12H2,1-2H3. The number of fused-ring (bicyclic) bond motifs is 1. The summed E-state index contributed by atoms with van der Waals surface area (Å²) in [4.78, 5) is 16.0. The largest absolute Gasteiger partial charge is 0.351 e. The van der Waals surface area contributed by atoms with Gasteiger partial charge in [0.15, 0.2) is 11.5 Å². The third-order valence-electron chi connectivity index (χ3n) is 3.83. The number of likely N-dealkylation sites (N-methyl/N-ethyl adjacent to an activating group) is 1. The minimum absolute atomic E-state index is 0.953. The van der Waals surface area contributed by atoms with Crippen LogP contribution in [-0.2, 0) is 0 Å². The summed E-state index contributed by atoms with van der Waals surface area (Å²) < 4.78 is 2.03. The molecule has 108 valence electrons. The van der Waals surface area contributed by atoms with Crippen molar-refractivity contribution in [3.63, 3.8) is 0 Å². The fourth-order valence-electron chi connectivity index (χ4n) is 2.59. The van der Waals surface area contributed by atoms with E-state index in [0.717, 1.165) is 50.7 Å². The SMILES string of the molecule is CN(C)CCN1CCN(c2nccn3ccnc23)CC1. The summed E-state index contributed by atoms with van der Waals surface area (Å²) >= 11 is 0. The van der Waals surface area contributed by atoms with Crippen LogP contribution in [0.1, 0.15) is 0 Å². The first-order chi connectivity index (χ1) is 9.74. The molecule has 0 N–H and O–H groups in total. The van der Waals surface area contributed by atoms with Crippen LogP contribution in [-0.4, -0.2) is 77.5 Å². The van der Waals surface area contributed by atoms with E-state index < -0.39 is 0 Å². The minimum atomic E-state index is 0.953. The fourth-order valence-corrected chi connectivity index (χ4v) is 2.59. The van der Waals surface area contributed by atoms with Crippen LogP contribution in [0.2, 0.25) is 0 Å². The lowest BCUT2D eigenvalue weighted by atomic mass is 10.3. The van der Waals surface area contributed by atoms with Gasteiger partial charge in [0.05, 0.1) is 0 Å². The Balaban J connectivity index is 1.65. The molecule has 1 saturated heterocycles. The van der Waals surface area contributed by atoms with Crippen molar-refractivity contribution < 1.29 is 0 Å². The molecule has 0 aliphatic carbocycles. The van der Waals surface area contributed by atoms with Crippen LogP contribution in [0, 0.1) is 0 Å². The van der Waals surface area contributed by atoms with Gasteiger partial charge < -0.3 is 14.2 Å². The number of hydrogen-bond acceptors (Lipinski definition) is 5. The Hall–Kier alpha value is -1.66. The topological polar surface area (TPSA) is 39.9 Å². The van der Waals surface area contributed by atoms with E-state index >= 15 is 0 Å². The third kappa shape index (κ3) is 2.76. The van der Waals surface area contributed by atoms with Crippen molar-refractivity contribution in [2.75, 3.05) is 58.3 Å². The number of imidazole rings is 1. The van der Waals surface area contributed by atoms with Crippen molar-refractivity contribution in [2.24, 2.45) is 0 Å². The van der Waals surface area contributed by atoms with Crippen molar-refractivity contribution in [3.8, 4) is 0 Å². The van der Waals surface area contributed by atoms with Crippen molar-refractivity contribution >= 4 is 11.5 Å². The normalized spacial score (nSPS) is 17.2. The molecule has 2 aromatic rings. The zero-order valence-corrected chi connectivity index (χ0v) is 12.2. The summed E-state index contributed by atoms with van der Waals surface area (Å²) in [5.41, 5.74) is 0.953. The summed E-state index contributed by atoms with van der Waals surface area (Å²) in [6.07, 6.45) is 7.59. The van der Waals surface area contributed by atoms with Gasteiger partial charge in [0.2, 0.25) is 0 Å². The predicted molar refractivity (Wildman–Crippen MR) is 80.2 cm³/mol. The smallest absolute Gasteiger partial charge is 0.180 e. The van der Waals surface area contributed by atoms with Crippen LogP contribution in [0.25, 0.3) is 5.65 Å². The molecule has 20 heavy (non-hydrogen) atoms. The van der Waals surface area contributed by atoms with E-state index in [0.29, 0.717) is 0 Å². The molecule has 2 aromatic heterocycles.